The number of hydrogen-bond donors (Lipinski definition) is 1. The van der Waals surface area contributed by atoms with Crippen molar-refractivity contribution in [3.8, 4) is 0 Å². The number of rotatable bonds is 4. The largest absolute Gasteiger partial charge is 0.465 e. The number of methoxy groups -OCH3 is 1. The van der Waals surface area contributed by atoms with Crippen molar-refractivity contribution in [3.63, 3.8) is 0 Å². The van der Waals surface area contributed by atoms with Gasteiger partial charge in [-0.2, -0.15) is 0 Å². The molecular formula is C25H31FN4O3S. The van der Waals surface area contributed by atoms with E-state index in [0.717, 1.165) is 66.3 Å². The van der Waals surface area contributed by atoms with Crippen molar-refractivity contribution in [3.05, 3.63) is 46.4 Å². The molecule has 1 aromatic heterocycles. The molecule has 34 heavy (non-hydrogen) atoms. The Balaban J connectivity index is 1.44. The molecule has 0 radical (unpaired) electrons. The molecule has 5 rings (SSSR count). The first-order valence-electron chi connectivity index (χ1n) is 11.9. The summed E-state index contributed by atoms with van der Waals surface area (Å²) in [6.45, 7) is 1.92. The van der Waals surface area contributed by atoms with Gasteiger partial charge in [-0.25, -0.2) is 19.2 Å². The van der Waals surface area contributed by atoms with Crippen LogP contribution in [0.15, 0.2) is 23.4 Å². The highest BCUT2D eigenvalue weighted by atomic mass is 32.2. The average molecular weight is 487 g/mol. The maximum atomic E-state index is 14.3. The molecule has 1 aromatic carbocycles. The number of fused-ring (bicyclic) bond motifs is 2. The van der Waals surface area contributed by atoms with E-state index in [1.54, 1.807) is 13.2 Å². The lowest BCUT2D eigenvalue weighted by Gasteiger charge is -2.44. The molecule has 0 bridgehead atoms. The van der Waals surface area contributed by atoms with Crippen LogP contribution in [0.5, 0.6) is 0 Å². The molecule has 1 aliphatic heterocycles. The van der Waals surface area contributed by atoms with Crippen molar-refractivity contribution >= 4 is 23.7 Å². The molecule has 182 valence electrons. The molecule has 1 saturated heterocycles. The van der Waals surface area contributed by atoms with E-state index in [1.807, 2.05) is 12.3 Å². The van der Waals surface area contributed by atoms with Crippen molar-refractivity contribution < 1.29 is 19.0 Å². The Labute approximate surface area is 203 Å². The third-order valence-corrected chi connectivity index (χ3v) is 8.30. The second-order valence-corrected chi connectivity index (χ2v) is 10.5. The summed E-state index contributed by atoms with van der Waals surface area (Å²) in [4.78, 5) is 25.2. The summed E-state index contributed by atoms with van der Waals surface area (Å²) in [6, 6.07) is 5.23. The van der Waals surface area contributed by atoms with E-state index in [-0.39, 0.29) is 17.3 Å². The molecule has 3 aliphatic rings. The van der Waals surface area contributed by atoms with Gasteiger partial charge in [-0.05, 0) is 67.4 Å². The zero-order chi connectivity index (χ0) is 23.9. The highest BCUT2D eigenvalue weighted by Gasteiger charge is 2.41. The smallest absolute Gasteiger partial charge is 0.407 e. The van der Waals surface area contributed by atoms with Crippen LogP contribution in [0.3, 0.4) is 0 Å². The van der Waals surface area contributed by atoms with E-state index in [2.05, 4.69) is 11.0 Å². The second kappa shape index (κ2) is 9.34. The molecule has 1 fully saturated rings. The Hall–Kier alpha value is -2.39. The number of carboxylic acid groups (broad SMARTS) is 1. The van der Waals surface area contributed by atoms with Gasteiger partial charge in [0.1, 0.15) is 11.6 Å². The fraction of sp³-hybridized carbons (Fsp3) is 0.560. The van der Waals surface area contributed by atoms with Gasteiger partial charge < -0.3 is 14.7 Å². The molecule has 2 atom stereocenters. The maximum absolute atomic E-state index is 14.3. The van der Waals surface area contributed by atoms with Crippen LogP contribution in [-0.2, 0) is 30.4 Å². The number of nitrogens with zero attached hydrogens (tertiary/aromatic N) is 4. The first-order chi connectivity index (χ1) is 16.4. The summed E-state index contributed by atoms with van der Waals surface area (Å²) in [5, 5.41) is 10.3. The molecule has 2 aromatic rings. The van der Waals surface area contributed by atoms with Crippen molar-refractivity contribution in [2.24, 2.45) is 5.41 Å². The number of aromatic nitrogens is 2. The van der Waals surface area contributed by atoms with Gasteiger partial charge in [0.25, 0.3) is 0 Å². The Kier molecular flexibility index (Phi) is 6.41. The third-order valence-electron chi connectivity index (χ3n) is 7.75. The number of anilines is 1. The predicted octanol–water partition coefficient (Wildman–Crippen LogP) is 3.82. The van der Waals surface area contributed by atoms with Crippen LogP contribution < -0.4 is 4.90 Å². The summed E-state index contributed by atoms with van der Waals surface area (Å²) in [5.74, 6) is 0.863. The fourth-order valence-electron chi connectivity index (χ4n) is 6.01. The molecule has 1 amide bonds. The number of carbonyl (C=O) groups is 1. The lowest BCUT2D eigenvalue weighted by Crippen LogP contribution is -2.57. The van der Waals surface area contributed by atoms with Crippen LogP contribution in [0.25, 0.3) is 0 Å². The van der Waals surface area contributed by atoms with Crippen molar-refractivity contribution in [2.75, 3.05) is 44.5 Å². The summed E-state index contributed by atoms with van der Waals surface area (Å²) in [7, 11) is 1.60. The SMILES string of the molecule is COC[C@H]1CN(c2nc(SC)nc3c2CC[C@]2(CCc4c(F)cccc4C2)C3)CCN1C(=O)O. The summed E-state index contributed by atoms with van der Waals surface area (Å²) < 4.78 is 19.6. The maximum Gasteiger partial charge on any atom is 0.407 e. The Morgan fingerprint density at radius 2 is 2.03 bits per heavy atom. The molecule has 0 unspecified atom stereocenters. The summed E-state index contributed by atoms with van der Waals surface area (Å²) in [6.07, 6.45) is 6.51. The summed E-state index contributed by atoms with van der Waals surface area (Å²) >= 11 is 1.53. The molecular weight excluding hydrogens is 455 g/mol. The molecule has 1 spiro atoms. The minimum atomic E-state index is -0.910. The Morgan fingerprint density at radius 3 is 2.76 bits per heavy atom. The summed E-state index contributed by atoms with van der Waals surface area (Å²) in [5.41, 5.74) is 4.42. The topological polar surface area (TPSA) is 78.8 Å². The minimum absolute atomic E-state index is 0.0797. The number of piperazine rings is 1. The number of amides is 1. The molecule has 2 aliphatic carbocycles. The average Bonchev–Trinajstić information content (AvgIpc) is 2.83. The van der Waals surface area contributed by atoms with E-state index >= 15 is 0 Å². The van der Waals surface area contributed by atoms with E-state index in [1.165, 1.54) is 22.2 Å². The minimum Gasteiger partial charge on any atom is -0.465 e. The van der Waals surface area contributed by atoms with Gasteiger partial charge >= 0.3 is 6.09 Å². The standard InChI is InChI=1S/C25H31FN4O3S/c1-33-15-17-14-29(10-11-30(17)24(31)32)22-19-7-9-25(13-21(19)27-23(28-22)34-2)8-6-18-16(12-25)4-3-5-20(18)26/h3-5,17H,6-15H2,1-2H3,(H,31,32)/t17-,25+/m1/s1. The highest BCUT2D eigenvalue weighted by molar-refractivity contribution is 7.98. The van der Waals surface area contributed by atoms with E-state index in [0.29, 0.717) is 26.2 Å². The van der Waals surface area contributed by atoms with Crippen molar-refractivity contribution in [1.29, 1.82) is 0 Å². The molecule has 0 saturated carbocycles. The van der Waals surface area contributed by atoms with Gasteiger partial charge in [0, 0.05) is 32.3 Å². The van der Waals surface area contributed by atoms with E-state index < -0.39 is 6.09 Å². The monoisotopic (exact) mass is 486 g/mol. The molecule has 2 heterocycles. The Bertz CT molecular complexity index is 1100. The van der Waals surface area contributed by atoms with Crippen LogP contribution in [0.4, 0.5) is 15.0 Å². The third kappa shape index (κ3) is 4.24. The van der Waals surface area contributed by atoms with Crippen LogP contribution >= 0.6 is 11.8 Å². The lowest BCUT2D eigenvalue weighted by atomic mass is 9.63. The van der Waals surface area contributed by atoms with Gasteiger partial charge in [-0.1, -0.05) is 23.9 Å². The van der Waals surface area contributed by atoms with Gasteiger partial charge in [0.05, 0.1) is 18.3 Å². The van der Waals surface area contributed by atoms with E-state index in [9.17, 15) is 14.3 Å². The number of ether oxygens (including phenoxy) is 1. The molecule has 7 nitrogen and oxygen atoms in total. The normalized spacial score (nSPS) is 24.1. The van der Waals surface area contributed by atoms with Gasteiger partial charge in [0.15, 0.2) is 5.16 Å². The zero-order valence-corrected chi connectivity index (χ0v) is 20.5. The fourth-order valence-corrected chi connectivity index (χ4v) is 6.39. The van der Waals surface area contributed by atoms with Crippen LogP contribution in [0.2, 0.25) is 0 Å². The second-order valence-electron chi connectivity index (χ2n) is 9.72. The quantitative estimate of drug-likeness (QED) is 0.520. The van der Waals surface area contributed by atoms with Gasteiger partial charge in [0.2, 0.25) is 0 Å². The van der Waals surface area contributed by atoms with Crippen LogP contribution in [0, 0.1) is 11.2 Å². The number of benzene rings is 1. The highest BCUT2D eigenvalue weighted by Crippen LogP contribution is 2.47. The van der Waals surface area contributed by atoms with Crippen LogP contribution in [-0.4, -0.2) is 71.7 Å². The predicted molar refractivity (Wildman–Crippen MR) is 129 cm³/mol. The van der Waals surface area contributed by atoms with E-state index in [4.69, 9.17) is 14.7 Å². The van der Waals surface area contributed by atoms with Gasteiger partial charge in [-0.3, -0.25) is 4.90 Å². The number of halogens is 1. The van der Waals surface area contributed by atoms with Crippen molar-refractivity contribution in [1.82, 2.24) is 14.9 Å². The van der Waals surface area contributed by atoms with Crippen molar-refractivity contribution in [2.45, 2.75) is 49.7 Å². The van der Waals surface area contributed by atoms with Crippen LogP contribution in [0.1, 0.15) is 35.2 Å². The molecule has 9 heteroatoms. The number of thioether (sulfide) groups is 1. The molecule has 1 N–H and O–H groups in total. The first-order valence-corrected chi connectivity index (χ1v) is 13.1. The van der Waals surface area contributed by atoms with Gasteiger partial charge in [-0.15, -0.1) is 0 Å². The first kappa shape index (κ1) is 23.4. The Morgan fingerprint density at radius 1 is 1.24 bits per heavy atom. The zero-order valence-electron chi connectivity index (χ0n) is 19.7. The lowest BCUT2D eigenvalue weighted by molar-refractivity contribution is 0.0734. The number of hydrogen-bond acceptors (Lipinski definition) is 6.